The normalized spacial score (nSPS) is 12.1. The van der Waals surface area contributed by atoms with Gasteiger partial charge in [-0.15, -0.1) is 0 Å². The van der Waals surface area contributed by atoms with E-state index in [9.17, 15) is 4.79 Å². The Morgan fingerprint density at radius 3 is 2.65 bits per heavy atom. The van der Waals surface area contributed by atoms with Crippen molar-refractivity contribution in [2.75, 3.05) is 25.2 Å². The summed E-state index contributed by atoms with van der Waals surface area (Å²) in [4.78, 5) is 18.3. The van der Waals surface area contributed by atoms with Crippen LogP contribution in [0.4, 0.5) is 11.4 Å². The number of benzene rings is 1. The van der Waals surface area contributed by atoms with Gasteiger partial charge in [-0.2, -0.15) is 0 Å². The highest BCUT2D eigenvalue weighted by molar-refractivity contribution is 5.93. The van der Waals surface area contributed by atoms with Crippen LogP contribution >= 0.6 is 0 Å². The molecule has 2 aromatic rings. The van der Waals surface area contributed by atoms with Gasteiger partial charge in [-0.3, -0.25) is 9.78 Å². The fraction of sp³-hybridized carbons (Fsp3) is 0.294. The molecule has 0 aliphatic carbocycles. The molecule has 0 radical (unpaired) electrons. The molecule has 23 heavy (non-hydrogen) atoms. The number of nitrogens with zero attached hydrogens (tertiary/aromatic N) is 2. The van der Waals surface area contributed by atoms with E-state index in [1.807, 2.05) is 38.1 Å². The molecule has 1 amide bonds. The molecule has 1 aromatic heterocycles. The van der Waals surface area contributed by atoms with Crippen molar-refractivity contribution < 1.29 is 14.3 Å². The van der Waals surface area contributed by atoms with Crippen LogP contribution in [0, 0.1) is 0 Å². The molecule has 3 rings (SSSR count). The lowest BCUT2D eigenvalue weighted by Gasteiger charge is -2.18. The van der Waals surface area contributed by atoms with Crippen LogP contribution in [0.5, 0.6) is 11.5 Å². The van der Waals surface area contributed by atoms with Crippen LogP contribution in [0.15, 0.2) is 36.5 Å². The van der Waals surface area contributed by atoms with Crippen molar-refractivity contribution in [1.29, 1.82) is 0 Å². The number of nitrogens with one attached hydrogen (secondary N) is 1. The van der Waals surface area contributed by atoms with Crippen LogP contribution in [-0.4, -0.2) is 35.7 Å². The Morgan fingerprint density at radius 2 is 1.87 bits per heavy atom. The van der Waals surface area contributed by atoms with Crippen molar-refractivity contribution in [3.63, 3.8) is 0 Å². The molecule has 1 aromatic carbocycles. The van der Waals surface area contributed by atoms with Gasteiger partial charge in [0.1, 0.15) is 5.69 Å². The number of fused-ring (bicyclic) bond motifs is 1. The van der Waals surface area contributed by atoms with E-state index < -0.39 is 0 Å². The third kappa shape index (κ3) is 3.21. The summed E-state index contributed by atoms with van der Waals surface area (Å²) >= 11 is 0. The van der Waals surface area contributed by atoms with Gasteiger partial charge in [0.15, 0.2) is 11.5 Å². The number of rotatable bonds is 5. The molecule has 0 saturated heterocycles. The number of carbonyl (C=O) groups excluding carboxylic acids is 1. The van der Waals surface area contributed by atoms with Crippen LogP contribution in [0.2, 0.25) is 0 Å². The first-order valence-electron chi connectivity index (χ1n) is 7.63. The highest BCUT2D eigenvalue weighted by Crippen LogP contribution is 2.35. The van der Waals surface area contributed by atoms with Crippen molar-refractivity contribution in [2.45, 2.75) is 13.8 Å². The second-order valence-corrected chi connectivity index (χ2v) is 5.10. The van der Waals surface area contributed by atoms with E-state index in [1.165, 1.54) is 0 Å². The van der Waals surface area contributed by atoms with Crippen LogP contribution in [0.1, 0.15) is 24.3 Å². The summed E-state index contributed by atoms with van der Waals surface area (Å²) in [6.45, 7) is 5.48. The zero-order valence-electron chi connectivity index (χ0n) is 13.2. The number of ether oxygens (including phenoxy) is 2. The van der Waals surface area contributed by atoms with Gasteiger partial charge in [0.25, 0.3) is 5.91 Å². The van der Waals surface area contributed by atoms with E-state index in [4.69, 9.17) is 9.47 Å². The standard InChI is InChI=1S/C17H19N3O3/c1-3-20(4-2)17(21)14-9-13(7-8-18-14)19-12-5-6-15-16(10-12)23-11-22-15/h5-10H,3-4,11H2,1-2H3,(H,18,19). The molecule has 2 heterocycles. The van der Waals surface area contributed by atoms with Gasteiger partial charge in [-0.1, -0.05) is 0 Å². The van der Waals surface area contributed by atoms with E-state index in [1.54, 1.807) is 17.2 Å². The van der Waals surface area contributed by atoms with Gasteiger partial charge in [0.05, 0.1) is 0 Å². The average Bonchev–Trinajstić information content (AvgIpc) is 3.04. The highest BCUT2D eigenvalue weighted by Gasteiger charge is 2.15. The molecule has 0 unspecified atom stereocenters. The molecule has 0 saturated carbocycles. The van der Waals surface area contributed by atoms with Gasteiger partial charge >= 0.3 is 0 Å². The van der Waals surface area contributed by atoms with Gasteiger partial charge in [0.2, 0.25) is 6.79 Å². The summed E-state index contributed by atoms with van der Waals surface area (Å²) in [6, 6.07) is 9.21. The molecule has 0 atom stereocenters. The topological polar surface area (TPSA) is 63.7 Å². The van der Waals surface area contributed by atoms with Crippen LogP contribution in [0.3, 0.4) is 0 Å². The van der Waals surface area contributed by atoms with Gasteiger partial charge in [-0.05, 0) is 38.1 Å². The number of carbonyl (C=O) groups is 1. The fourth-order valence-corrected chi connectivity index (χ4v) is 2.44. The van der Waals surface area contributed by atoms with Crippen molar-refractivity contribution in [1.82, 2.24) is 9.88 Å². The summed E-state index contributed by atoms with van der Waals surface area (Å²) in [5.41, 5.74) is 2.09. The summed E-state index contributed by atoms with van der Waals surface area (Å²) in [5.74, 6) is 1.38. The van der Waals surface area contributed by atoms with Crippen molar-refractivity contribution >= 4 is 17.3 Å². The molecular formula is C17H19N3O3. The lowest BCUT2D eigenvalue weighted by Crippen LogP contribution is -2.31. The molecule has 0 fully saturated rings. The lowest BCUT2D eigenvalue weighted by atomic mass is 10.2. The van der Waals surface area contributed by atoms with E-state index in [2.05, 4.69) is 10.3 Å². The number of anilines is 2. The van der Waals surface area contributed by atoms with Crippen molar-refractivity contribution in [3.05, 3.63) is 42.2 Å². The zero-order chi connectivity index (χ0) is 16.2. The Bertz CT molecular complexity index is 714. The minimum Gasteiger partial charge on any atom is -0.454 e. The third-order valence-corrected chi connectivity index (χ3v) is 3.69. The van der Waals surface area contributed by atoms with Gasteiger partial charge < -0.3 is 19.7 Å². The first kappa shape index (κ1) is 15.1. The highest BCUT2D eigenvalue weighted by atomic mass is 16.7. The molecule has 0 bridgehead atoms. The molecular weight excluding hydrogens is 294 g/mol. The maximum absolute atomic E-state index is 12.4. The number of aromatic nitrogens is 1. The van der Waals surface area contributed by atoms with Crippen LogP contribution in [-0.2, 0) is 0 Å². The predicted molar refractivity (Wildman–Crippen MR) is 87.3 cm³/mol. The second-order valence-electron chi connectivity index (χ2n) is 5.10. The van der Waals surface area contributed by atoms with Crippen LogP contribution in [0.25, 0.3) is 0 Å². The molecule has 120 valence electrons. The van der Waals surface area contributed by atoms with E-state index >= 15 is 0 Å². The lowest BCUT2D eigenvalue weighted by molar-refractivity contribution is 0.0767. The molecule has 6 heteroatoms. The van der Waals surface area contributed by atoms with E-state index in [0.717, 1.165) is 17.1 Å². The monoisotopic (exact) mass is 313 g/mol. The number of hydrogen-bond donors (Lipinski definition) is 1. The summed E-state index contributed by atoms with van der Waals surface area (Å²) in [6.07, 6.45) is 1.63. The molecule has 1 N–H and O–H groups in total. The fourth-order valence-electron chi connectivity index (χ4n) is 2.44. The average molecular weight is 313 g/mol. The molecule has 0 spiro atoms. The molecule has 1 aliphatic rings. The number of amides is 1. The number of hydrogen-bond acceptors (Lipinski definition) is 5. The Morgan fingerprint density at radius 1 is 1.13 bits per heavy atom. The molecule has 1 aliphatic heterocycles. The predicted octanol–water partition coefficient (Wildman–Crippen LogP) is 3.04. The first-order valence-corrected chi connectivity index (χ1v) is 7.63. The first-order chi connectivity index (χ1) is 11.2. The van der Waals surface area contributed by atoms with Crippen molar-refractivity contribution in [3.8, 4) is 11.5 Å². The largest absolute Gasteiger partial charge is 0.454 e. The summed E-state index contributed by atoms with van der Waals surface area (Å²) < 4.78 is 10.7. The summed E-state index contributed by atoms with van der Waals surface area (Å²) in [5, 5.41) is 3.26. The maximum atomic E-state index is 12.4. The molecule has 6 nitrogen and oxygen atoms in total. The quantitative estimate of drug-likeness (QED) is 0.919. The maximum Gasteiger partial charge on any atom is 0.272 e. The Labute approximate surface area is 135 Å². The minimum atomic E-state index is -0.0654. The van der Waals surface area contributed by atoms with E-state index in [0.29, 0.717) is 24.5 Å². The van der Waals surface area contributed by atoms with E-state index in [-0.39, 0.29) is 12.7 Å². The van der Waals surface area contributed by atoms with Gasteiger partial charge in [0, 0.05) is 36.7 Å². The Kier molecular flexibility index (Phi) is 4.32. The number of pyridine rings is 1. The minimum absolute atomic E-state index is 0.0654. The van der Waals surface area contributed by atoms with Crippen LogP contribution < -0.4 is 14.8 Å². The van der Waals surface area contributed by atoms with Gasteiger partial charge in [-0.25, -0.2) is 0 Å². The van der Waals surface area contributed by atoms with Crippen molar-refractivity contribution in [2.24, 2.45) is 0 Å². The zero-order valence-corrected chi connectivity index (χ0v) is 13.2. The smallest absolute Gasteiger partial charge is 0.272 e. The third-order valence-electron chi connectivity index (χ3n) is 3.69. The second kappa shape index (κ2) is 6.56. The summed E-state index contributed by atoms with van der Waals surface area (Å²) in [7, 11) is 0. The Hall–Kier alpha value is -2.76. The SMILES string of the molecule is CCN(CC)C(=O)c1cc(Nc2ccc3c(c2)OCO3)ccn1. The Balaban J connectivity index is 1.79.